The molecule has 0 spiro atoms. The molecular formula is C15H16O3. The second-order valence-corrected chi connectivity index (χ2v) is 4.18. The summed E-state index contributed by atoms with van der Waals surface area (Å²) in [6.07, 6.45) is 1.88. The molecule has 0 fully saturated rings. The van der Waals surface area contributed by atoms with E-state index in [2.05, 4.69) is 6.92 Å². The molecule has 0 saturated heterocycles. The molecule has 0 amide bonds. The van der Waals surface area contributed by atoms with Crippen LogP contribution in [0.4, 0.5) is 0 Å². The highest BCUT2D eigenvalue weighted by molar-refractivity contribution is 5.72. The molecule has 1 heterocycles. The fraction of sp³-hybridized carbons (Fsp3) is 0.267. The third-order valence-electron chi connectivity index (χ3n) is 2.79. The number of benzene rings is 1. The summed E-state index contributed by atoms with van der Waals surface area (Å²) in [5.41, 5.74) is 0.930. The quantitative estimate of drug-likeness (QED) is 0.748. The van der Waals surface area contributed by atoms with Crippen molar-refractivity contribution < 1.29 is 13.9 Å². The summed E-state index contributed by atoms with van der Waals surface area (Å²) >= 11 is 0. The minimum absolute atomic E-state index is 0.209. The van der Waals surface area contributed by atoms with E-state index in [1.807, 2.05) is 31.2 Å². The van der Waals surface area contributed by atoms with E-state index in [4.69, 9.17) is 9.15 Å². The van der Waals surface area contributed by atoms with Crippen molar-refractivity contribution in [2.24, 2.45) is 0 Å². The van der Waals surface area contributed by atoms with E-state index in [9.17, 15) is 4.79 Å². The van der Waals surface area contributed by atoms with Crippen LogP contribution in [-0.2, 0) is 0 Å². The van der Waals surface area contributed by atoms with Gasteiger partial charge in [0.2, 0.25) is 0 Å². The first kappa shape index (κ1) is 12.4. The lowest BCUT2D eigenvalue weighted by Crippen LogP contribution is -2.09. The number of furan rings is 1. The Kier molecular flexibility index (Phi) is 3.82. The van der Waals surface area contributed by atoms with Crippen LogP contribution >= 0.6 is 0 Å². The molecule has 1 atom stereocenters. The van der Waals surface area contributed by atoms with Crippen molar-refractivity contribution >= 4 is 6.29 Å². The minimum atomic E-state index is 0.209. The Morgan fingerprint density at radius 3 is 2.50 bits per heavy atom. The van der Waals surface area contributed by atoms with Crippen LogP contribution in [0.1, 0.15) is 30.8 Å². The summed E-state index contributed by atoms with van der Waals surface area (Å²) in [5, 5.41) is 0. The second kappa shape index (κ2) is 5.54. The number of ether oxygens (including phenoxy) is 1. The van der Waals surface area contributed by atoms with Crippen LogP contribution in [0, 0.1) is 0 Å². The predicted molar refractivity (Wildman–Crippen MR) is 69.9 cm³/mol. The van der Waals surface area contributed by atoms with Gasteiger partial charge in [0.15, 0.2) is 12.0 Å². The van der Waals surface area contributed by atoms with Crippen molar-refractivity contribution in [3.8, 4) is 17.1 Å². The third kappa shape index (κ3) is 2.80. The van der Waals surface area contributed by atoms with Crippen LogP contribution < -0.4 is 4.74 Å². The van der Waals surface area contributed by atoms with Crippen molar-refractivity contribution in [1.82, 2.24) is 0 Å². The maximum absolute atomic E-state index is 10.5. The number of carbonyl (C=O) groups excluding carboxylic acids is 1. The molecule has 3 nitrogen and oxygen atoms in total. The number of aldehydes is 1. The van der Waals surface area contributed by atoms with Gasteiger partial charge in [-0.2, -0.15) is 0 Å². The SMILES string of the molecule is CCC(C)Oc1ccc(-c2ccc(C=O)o2)cc1. The summed E-state index contributed by atoms with van der Waals surface area (Å²) in [4.78, 5) is 10.5. The van der Waals surface area contributed by atoms with Crippen molar-refractivity contribution in [3.05, 3.63) is 42.2 Å². The standard InChI is InChI=1S/C15H16O3/c1-3-11(2)17-13-6-4-12(5-7-13)15-9-8-14(10-16)18-15/h4-11H,3H2,1-2H3. The van der Waals surface area contributed by atoms with E-state index < -0.39 is 0 Å². The number of hydrogen-bond donors (Lipinski definition) is 0. The van der Waals surface area contributed by atoms with E-state index in [1.54, 1.807) is 12.1 Å². The first-order valence-corrected chi connectivity index (χ1v) is 6.05. The molecule has 3 heteroatoms. The minimum Gasteiger partial charge on any atom is -0.491 e. The number of rotatable bonds is 5. The summed E-state index contributed by atoms with van der Waals surface area (Å²) in [5.74, 6) is 1.87. The molecule has 0 bridgehead atoms. The van der Waals surface area contributed by atoms with Gasteiger partial charge >= 0.3 is 0 Å². The Hall–Kier alpha value is -2.03. The topological polar surface area (TPSA) is 39.4 Å². The van der Waals surface area contributed by atoms with Crippen LogP contribution in [0.3, 0.4) is 0 Å². The highest BCUT2D eigenvalue weighted by atomic mass is 16.5. The highest BCUT2D eigenvalue weighted by Gasteiger charge is 2.05. The molecule has 18 heavy (non-hydrogen) atoms. The average molecular weight is 244 g/mol. The van der Waals surface area contributed by atoms with Crippen molar-refractivity contribution in [3.63, 3.8) is 0 Å². The van der Waals surface area contributed by atoms with Crippen LogP contribution in [0.2, 0.25) is 0 Å². The van der Waals surface area contributed by atoms with Crippen LogP contribution in [0.15, 0.2) is 40.8 Å². The summed E-state index contributed by atoms with van der Waals surface area (Å²) < 4.78 is 11.0. The molecule has 0 saturated carbocycles. The maximum atomic E-state index is 10.5. The van der Waals surface area contributed by atoms with Gasteiger partial charge < -0.3 is 9.15 Å². The summed E-state index contributed by atoms with van der Waals surface area (Å²) in [6, 6.07) is 11.1. The van der Waals surface area contributed by atoms with E-state index in [1.165, 1.54) is 0 Å². The van der Waals surface area contributed by atoms with Gasteiger partial charge in [-0.15, -0.1) is 0 Å². The normalized spacial score (nSPS) is 12.1. The van der Waals surface area contributed by atoms with Crippen LogP contribution in [-0.4, -0.2) is 12.4 Å². The second-order valence-electron chi connectivity index (χ2n) is 4.18. The zero-order valence-electron chi connectivity index (χ0n) is 10.6. The molecule has 0 aliphatic heterocycles. The predicted octanol–water partition coefficient (Wildman–Crippen LogP) is 3.94. The van der Waals surface area contributed by atoms with Crippen LogP contribution in [0.5, 0.6) is 5.75 Å². The van der Waals surface area contributed by atoms with Crippen LogP contribution in [0.25, 0.3) is 11.3 Å². The lowest BCUT2D eigenvalue weighted by molar-refractivity contribution is 0.110. The van der Waals surface area contributed by atoms with E-state index >= 15 is 0 Å². The molecule has 1 unspecified atom stereocenters. The highest BCUT2D eigenvalue weighted by Crippen LogP contribution is 2.24. The fourth-order valence-corrected chi connectivity index (χ4v) is 1.58. The van der Waals surface area contributed by atoms with Gasteiger partial charge in [-0.25, -0.2) is 0 Å². The molecule has 2 aromatic rings. The lowest BCUT2D eigenvalue weighted by atomic mass is 10.1. The molecule has 94 valence electrons. The number of hydrogen-bond acceptors (Lipinski definition) is 3. The molecule has 1 aromatic carbocycles. The molecule has 0 aliphatic carbocycles. The third-order valence-corrected chi connectivity index (χ3v) is 2.79. The molecule has 0 radical (unpaired) electrons. The van der Waals surface area contributed by atoms with Crippen molar-refractivity contribution in [2.45, 2.75) is 26.4 Å². The van der Waals surface area contributed by atoms with Gasteiger partial charge in [-0.05, 0) is 49.7 Å². The molecule has 2 rings (SSSR count). The monoisotopic (exact) mass is 244 g/mol. The lowest BCUT2D eigenvalue weighted by Gasteiger charge is -2.12. The number of carbonyl (C=O) groups is 1. The van der Waals surface area contributed by atoms with Gasteiger partial charge in [0.05, 0.1) is 6.10 Å². The molecule has 0 N–H and O–H groups in total. The van der Waals surface area contributed by atoms with E-state index in [-0.39, 0.29) is 6.10 Å². The average Bonchev–Trinajstić information content (AvgIpc) is 2.88. The Balaban J connectivity index is 2.14. The summed E-state index contributed by atoms with van der Waals surface area (Å²) in [7, 11) is 0. The Morgan fingerprint density at radius 2 is 1.94 bits per heavy atom. The van der Waals surface area contributed by atoms with Gasteiger partial charge in [-0.1, -0.05) is 6.92 Å². The zero-order valence-corrected chi connectivity index (χ0v) is 10.6. The van der Waals surface area contributed by atoms with Gasteiger partial charge in [0, 0.05) is 5.56 Å². The first-order chi connectivity index (χ1) is 8.72. The van der Waals surface area contributed by atoms with Gasteiger partial charge in [-0.3, -0.25) is 4.79 Å². The zero-order chi connectivity index (χ0) is 13.0. The van der Waals surface area contributed by atoms with Gasteiger partial charge in [0.25, 0.3) is 0 Å². The fourth-order valence-electron chi connectivity index (χ4n) is 1.58. The Bertz CT molecular complexity index is 511. The molecule has 1 aromatic heterocycles. The Labute approximate surface area is 106 Å². The van der Waals surface area contributed by atoms with Crippen molar-refractivity contribution in [1.29, 1.82) is 0 Å². The van der Waals surface area contributed by atoms with Gasteiger partial charge in [0.1, 0.15) is 11.5 Å². The van der Waals surface area contributed by atoms with Crippen molar-refractivity contribution in [2.75, 3.05) is 0 Å². The smallest absolute Gasteiger partial charge is 0.185 e. The first-order valence-electron chi connectivity index (χ1n) is 6.05. The Morgan fingerprint density at radius 1 is 1.22 bits per heavy atom. The summed E-state index contributed by atoms with van der Waals surface area (Å²) in [6.45, 7) is 4.12. The van der Waals surface area contributed by atoms with E-state index in [0.717, 1.165) is 17.7 Å². The maximum Gasteiger partial charge on any atom is 0.185 e. The molecular weight excluding hydrogens is 228 g/mol. The van der Waals surface area contributed by atoms with E-state index in [0.29, 0.717) is 17.8 Å². The molecule has 0 aliphatic rings. The largest absolute Gasteiger partial charge is 0.491 e.